The maximum atomic E-state index is 11.4. The third kappa shape index (κ3) is 1.92. The number of carbonyl (C=O) groups is 1. The van der Waals surface area contributed by atoms with Gasteiger partial charge in [-0.2, -0.15) is 0 Å². The first-order valence-corrected chi connectivity index (χ1v) is 5.27. The van der Waals surface area contributed by atoms with Crippen LogP contribution in [0.25, 0.3) is 0 Å². The van der Waals surface area contributed by atoms with Crippen LogP contribution in [0, 0.1) is 5.92 Å². The third-order valence-corrected chi connectivity index (χ3v) is 3.21. The first kappa shape index (κ1) is 10.6. The summed E-state index contributed by atoms with van der Waals surface area (Å²) in [7, 11) is 0. The summed E-state index contributed by atoms with van der Waals surface area (Å²) in [4.78, 5) is 11.4. The molecule has 4 nitrogen and oxygen atoms in total. The second-order valence-corrected chi connectivity index (χ2v) is 4.37. The molecule has 4 heteroatoms. The molecular weight excluding hydrogens is 196 g/mol. The lowest BCUT2D eigenvalue weighted by atomic mass is 9.89. The van der Waals surface area contributed by atoms with Crippen molar-refractivity contribution in [2.75, 3.05) is 6.61 Å². The summed E-state index contributed by atoms with van der Waals surface area (Å²) in [6, 6.07) is 0. The number of fused-ring (bicyclic) bond motifs is 2. The number of rotatable bonds is 3. The number of esters is 1. The molecule has 15 heavy (non-hydrogen) atoms. The highest BCUT2D eigenvalue weighted by Crippen LogP contribution is 2.40. The van der Waals surface area contributed by atoms with E-state index in [2.05, 4.69) is 13.5 Å². The van der Waals surface area contributed by atoms with Gasteiger partial charge in [-0.3, -0.25) is 0 Å². The Balaban J connectivity index is 1.88. The fraction of sp³-hybridized carbons (Fsp3) is 0.727. The maximum Gasteiger partial charge on any atom is 0.336 e. The predicted octanol–water partition coefficient (Wildman–Crippen LogP) is 0.644. The Hall–Kier alpha value is -0.870. The van der Waals surface area contributed by atoms with Crippen molar-refractivity contribution in [2.45, 2.75) is 38.1 Å². The van der Waals surface area contributed by atoms with E-state index in [1.165, 1.54) is 0 Å². The minimum Gasteiger partial charge on any atom is -0.456 e. The van der Waals surface area contributed by atoms with Gasteiger partial charge in [0.1, 0.15) is 6.10 Å². The molecule has 2 saturated heterocycles. The van der Waals surface area contributed by atoms with E-state index in [0.29, 0.717) is 5.92 Å². The third-order valence-electron chi connectivity index (χ3n) is 3.21. The molecule has 2 rings (SSSR count). The summed E-state index contributed by atoms with van der Waals surface area (Å²) in [5.74, 6) is 0.0531. The first-order chi connectivity index (χ1) is 7.11. The van der Waals surface area contributed by atoms with Gasteiger partial charge in [0.05, 0.1) is 24.4 Å². The molecule has 1 N–H and O–H groups in total. The Morgan fingerprint density at radius 1 is 1.53 bits per heavy atom. The van der Waals surface area contributed by atoms with Gasteiger partial charge in [0.25, 0.3) is 0 Å². The topological polar surface area (TPSA) is 55.8 Å². The van der Waals surface area contributed by atoms with E-state index in [9.17, 15) is 4.79 Å². The average Bonchev–Trinajstić information content (AvgIpc) is 2.75. The van der Waals surface area contributed by atoms with Crippen molar-refractivity contribution in [1.82, 2.24) is 0 Å². The smallest absolute Gasteiger partial charge is 0.336 e. The van der Waals surface area contributed by atoms with Crippen molar-refractivity contribution >= 4 is 5.97 Å². The van der Waals surface area contributed by atoms with Gasteiger partial charge in [0.15, 0.2) is 0 Å². The Morgan fingerprint density at radius 2 is 2.27 bits per heavy atom. The molecule has 0 aromatic carbocycles. The normalized spacial score (nSPS) is 38.0. The minimum absolute atomic E-state index is 0.0421. The zero-order valence-electron chi connectivity index (χ0n) is 8.81. The molecule has 0 aromatic heterocycles. The molecule has 0 radical (unpaired) electrons. The molecule has 0 spiro atoms. The number of aliphatic hydroxyl groups excluding tert-OH is 1. The van der Waals surface area contributed by atoms with E-state index in [4.69, 9.17) is 14.6 Å². The van der Waals surface area contributed by atoms with Crippen LogP contribution < -0.4 is 0 Å². The molecule has 0 aromatic rings. The fourth-order valence-corrected chi connectivity index (χ4v) is 2.25. The van der Waals surface area contributed by atoms with Crippen LogP contribution in [-0.2, 0) is 14.3 Å². The van der Waals surface area contributed by atoms with Crippen LogP contribution in [0.3, 0.4) is 0 Å². The van der Waals surface area contributed by atoms with Crippen molar-refractivity contribution in [3.8, 4) is 0 Å². The van der Waals surface area contributed by atoms with E-state index < -0.39 is 5.97 Å². The van der Waals surface area contributed by atoms with Gasteiger partial charge in [-0.15, -0.1) is 0 Å². The molecule has 2 bridgehead atoms. The summed E-state index contributed by atoms with van der Waals surface area (Å²) in [6.45, 7) is 5.22. The van der Waals surface area contributed by atoms with Gasteiger partial charge in [-0.25, -0.2) is 4.79 Å². The van der Waals surface area contributed by atoms with Crippen molar-refractivity contribution in [1.29, 1.82) is 0 Å². The highest BCUT2D eigenvalue weighted by molar-refractivity contribution is 5.88. The standard InChI is InChI=1S/C11H16O4/c1-6-3-9-10(4-8(6)14-9)15-11(13)7(2)5-12/h6,8-10,12H,2-5H2,1H3. The second kappa shape index (κ2) is 3.94. The van der Waals surface area contributed by atoms with Crippen molar-refractivity contribution < 1.29 is 19.4 Å². The van der Waals surface area contributed by atoms with Crippen molar-refractivity contribution in [3.63, 3.8) is 0 Å². The molecule has 2 aliphatic heterocycles. The summed E-state index contributed by atoms with van der Waals surface area (Å²) in [6.07, 6.45) is 1.85. The van der Waals surface area contributed by atoms with Crippen molar-refractivity contribution in [2.24, 2.45) is 5.92 Å². The monoisotopic (exact) mass is 212 g/mol. The molecule has 4 unspecified atom stereocenters. The lowest BCUT2D eigenvalue weighted by Crippen LogP contribution is -2.31. The lowest BCUT2D eigenvalue weighted by molar-refractivity contribution is -0.147. The molecule has 0 aliphatic carbocycles. The molecule has 0 amide bonds. The van der Waals surface area contributed by atoms with Crippen molar-refractivity contribution in [3.05, 3.63) is 12.2 Å². The summed E-state index contributed by atoms with van der Waals surface area (Å²) >= 11 is 0. The zero-order valence-corrected chi connectivity index (χ0v) is 8.81. The Kier molecular flexibility index (Phi) is 2.80. The SMILES string of the molecule is C=C(CO)C(=O)OC1CC2OC1CC2C. The van der Waals surface area contributed by atoms with Crippen LogP contribution in [-0.4, -0.2) is 36.0 Å². The Bertz CT molecular complexity index is 284. The Labute approximate surface area is 88.9 Å². The van der Waals surface area contributed by atoms with E-state index >= 15 is 0 Å². The van der Waals surface area contributed by atoms with Gasteiger partial charge in [0, 0.05) is 6.42 Å². The van der Waals surface area contributed by atoms with Gasteiger partial charge in [-0.05, 0) is 12.3 Å². The molecule has 2 aliphatic rings. The van der Waals surface area contributed by atoms with E-state index in [-0.39, 0.29) is 30.5 Å². The number of ether oxygens (including phenoxy) is 2. The summed E-state index contributed by atoms with van der Waals surface area (Å²) < 4.78 is 10.9. The quantitative estimate of drug-likeness (QED) is 0.551. The van der Waals surface area contributed by atoms with Crippen LogP contribution in [0.2, 0.25) is 0 Å². The largest absolute Gasteiger partial charge is 0.456 e. The van der Waals surface area contributed by atoms with Crippen LogP contribution in [0.15, 0.2) is 12.2 Å². The van der Waals surface area contributed by atoms with Gasteiger partial charge in [0.2, 0.25) is 0 Å². The Morgan fingerprint density at radius 3 is 2.73 bits per heavy atom. The van der Waals surface area contributed by atoms with Crippen LogP contribution >= 0.6 is 0 Å². The molecule has 4 atom stereocenters. The van der Waals surface area contributed by atoms with E-state index in [0.717, 1.165) is 12.8 Å². The predicted molar refractivity (Wildman–Crippen MR) is 53.2 cm³/mol. The molecule has 84 valence electrons. The summed E-state index contributed by atoms with van der Waals surface area (Å²) in [5.41, 5.74) is 0.103. The van der Waals surface area contributed by atoms with Gasteiger partial charge < -0.3 is 14.6 Å². The highest BCUT2D eigenvalue weighted by Gasteiger charge is 2.47. The number of carbonyl (C=O) groups excluding carboxylic acids is 1. The second-order valence-electron chi connectivity index (χ2n) is 4.37. The van der Waals surface area contributed by atoms with E-state index in [1.54, 1.807) is 0 Å². The molecular formula is C11H16O4. The summed E-state index contributed by atoms with van der Waals surface area (Å²) in [5, 5.41) is 8.72. The van der Waals surface area contributed by atoms with Gasteiger partial charge in [-0.1, -0.05) is 13.5 Å². The molecule has 0 saturated carbocycles. The number of hydrogen-bond donors (Lipinski definition) is 1. The minimum atomic E-state index is -0.508. The van der Waals surface area contributed by atoms with E-state index in [1.807, 2.05) is 0 Å². The molecule has 2 fully saturated rings. The van der Waals surface area contributed by atoms with Crippen LogP contribution in [0.1, 0.15) is 19.8 Å². The maximum absolute atomic E-state index is 11.4. The zero-order chi connectivity index (χ0) is 11.0. The van der Waals surface area contributed by atoms with Gasteiger partial charge >= 0.3 is 5.97 Å². The number of aliphatic hydroxyl groups is 1. The van der Waals surface area contributed by atoms with Crippen LogP contribution in [0.4, 0.5) is 0 Å². The molecule has 2 heterocycles. The van der Waals surface area contributed by atoms with Crippen LogP contribution in [0.5, 0.6) is 0 Å². The highest BCUT2D eigenvalue weighted by atomic mass is 16.6. The average molecular weight is 212 g/mol. The first-order valence-electron chi connectivity index (χ1n) is 5.27. The number of hydrogen-bond acceptors (Lipinski definition) is 4. The fourth-order valence-electron chi connectivity index (χ4n) is 2.25. The lowest BCUT2D eigenvalue weighted by Gasteiger charge is -2.22.